The Balaban J connectivity index is 3.22. The molecule has 0 spiro atoms. The van der Waals surface area contributed by atoms with Crippen LogP contribution in [0.2, 0.25) is 0 Å². The van der Waals surface area contributed by atoms with Gasteiger partial charge in [-0.1, -0.05) is 64.7 Å². The summed E-state index contributed by atoms with van der Waals surface area (Å²) in [6.45, 7) is 4.97. The number of hydrogen-bond acceptors (Lipinski definition) is 4. The van der Waals surface area contributed by atoms with E-state index in [1.165, 1.54) is 57.8 Å². The average molecular weight is 331 g/mol. The van der Waals surface area contributed by atoms with Crippen LogP contribution >= 0.6 is 0 Å². The van der Waals surface area contributed by atoms with E-state index in [1.807, 2.05) is 0 Å². The first-order chi connectivity index (χ1) is 11.1. The summed E-state index contributed by atoms with van der Waals surface area (Å²) in [6.07, 6.45) is 12.3. The van der Waals surface area contributed by atoms with E-state index in [4.69, 9.17) is 9.84 Å². The highest BCUT2D eigenvalue weighted by Crippen LogP contribution is 2.10. The van der Waals surface area contributed by atoms with Crippen LogP contribution in [0, 0.1) is 0 Å². The number of aliphatic hydroxyl groups is 1. The number of aliphatic carboxylic acids is 1. The highest BCUT2D eigenvalue weighted by atomic mass is 16.5. The molecule has 5 nitrogen and oxygen atoms in total. The Morgan fingerprint density at radius 3 is 2.04 bits per heavy atom. The molecule has 0 aromatic carbocycles. The van der Waals surface area contributed by atoms with Gasteiger partial charge in [0.25, 0.3) is 0 Å². The molecular weight excluding hydrogens is 294 g/mol. The molecule has 23 heavy (non-hydrogen) atoms. The number of rotatable bonds is 17. The summed E-state index contributed by atoms with van der Waals surface area (Å²) >= 11 is 0. The summed E-state index contributed by atoms with van der Waals surface area (Å²) in [4.78, 5) is 10.6. The van der Waals surface area contributed by atoms with Crippen LogP contribution in [0.5, 0.6) is 0 Å². The molecule has 0 aliphatic rings. The van der Waals surface area contributed by atoms with E-state index >= 15 is 0 Å². The zero-order valence-electron chi connectivity index (χ0n) is 15.1. The van der Waals surface area contributed by atoms with Crippen molar-refractivity contribution in [1.82, 2.24) is 5.32 Å². The molecule has 0 fully saturated rings. The SMILES string of the molecule is CCCCCCCCCCCCOCC(O)CN[C@H](C)C(=O)O. The van der Waals surface area contributed by atoms with Gasteiger partial charge in [0.15, 0.2) is 0 Å². The Kier molecular flexibility index (Phi) is 15.8. The first kappa shape index (κ1) is 22.4. The number of aliphatic hydroxyl groups excluding tert-OH is 1. The quantitative estimate of drug-likeness (QED) is 0.356. The molecule has 3 N–H and O–H groups in total. The van der Waals surface area contributed by atoms with Crippen LogP contribution in [0.1, 0.15) is 78.1 Å². The Hall–Kier alpha value is -0.650. The molecule has 0 rings (SSSR count). The summed E-state index contributed by atoms with van der Waals surface area (Å²) in [5.74, 6) is -0.913. The lowest BCUT2D eigenvalue weighted by atomic mass is 10.1. The third kappa shape index (κ3) is 16.0. The van der Waals surface area contributed by atoms with Crippen molar-refractivity contribution in [3.8, 4) is 0 Å². The Bertz CT molecular complexity index is 274. The fourth-order valence-electron chi connectivity index (χ4n) is 2.37. The minimum atomic E-state index is -0.913. The smallest absolute Gasteiger partial charge is 0.320 e. The molecule has 0 aromatic rings. The summed E-state index contributed by atoms with van der Waals surface area (Å²) in [7, 11) is 0. The van der Waals surface area contributed by atoms with E-state index < -0.39 is 18.1 Å². The molecule has 0 aromatic heterocycles. The predicted octanol–water partition coefficient (Wildman–Crippen LogP) is 3.35. The highest BCUT2D eigenvalue weighted by Gasteiger charge is 2.12. The predicted molar refractivity (Wildman–Crippen MR) is 93.8 cm³/mol. The Labute approximate surface area is 141 Å². The Morgan fingerprint density at radius 1 is 1.00 bits per heavy atom. The van der Waals surface area contributed by atoms with Gasteiger partial charge in [0.05, 0.1) is 12.7 Å². The maximum atomic E-state index is 10.6. The summed E-state index contributed by atoms with van der Waals surface area (Å²) in [5.41, 5.74) is 0. The topological polar surface area (TPSA) is 78.8 Å². The number of nitrogens with one attached hydrogen (secondary N) is 1. The zero-order valence-corrected chi connectivity index (χ0v) is 15.1. The molecule has 1 unspecified atom stereocenters. The van der Waals surface area contributed by atoms with Gasteiger partial charge in [0, 0.05) is 13.2 Å². The third-order valence-corrected chi connectivity index (χ3v) is 3.98. The van der Waals surface area contributed by atoms with Crippen molar-refractivity contribution in [2.45, 2.75) is 90.2 Å². The van der Waals surface area contributed by atoms with E-state index in [2.05, 4.69) is 12.2 Å². The lowest BCUT2D eigenvalue weighted by molar-refractivity contribution is -0.139. The van der Waals surface area contributed by atoms with Crippen LogP contribution < -0.4 is 5.32 Å². The third-order valence-electron chi connectivity index (χ3n) is 3.98. The van der Waals surface area contributed by atoms with E-state index in [0.717, 1.165) is 6.42 Å². The first-order valence-corrected chi connectivity index (χ1v) is 9.30. The molecule has 0 saturated carbocycles. The number of hydrogen-bond donors (Lipinski definition) is 3. The highest BCUT2D eigenvalue weighted by molar-refractivity contribution is 5.72. The molecule has 0 aliphatic carbocycles. The molecule has 5 heteroatoms. The molecule has 0 amide bonds. The summed E-state index contributed by atoms with van der Waals surface area (Å²) < 4.78 is 5.42. The molecule has 0 aliphatic heterocycles. The first-order valence-electron chi connectivity index (χ1n) is 9.30. The standard InChI is InChI=1S/C18H37NO4/c1-3-4-5-6-7-8-9-10-11-12-13-23-15-17(20)14-19-16(2)18(21)22/h16-17,19-20H,3-15H2,1-2H3,(H,21,22)/t16-,17?/m1/s1. The molecule has 0 heterocycles. The van der Waals surface area contributed by atoms with E-state index in [0.29, 0.717) is 6.61 Å². The number of carboxylic acid groups (broad SMARTS) is 1. The van der Waals surface area contributed by atoms with E-state index in [1.54, 1.807) is 6.92 Å². The van der Waals surface area contributed by atoms with Gasteiger partial charge in [-0.15, -0.1) is 0 Å². The van der Waals surface area contributed by atoms with Crippen molar-refractivity contribution in [3.05, 3.63) is 0 Å². The lowest BCUT2D eigenvalue weighted by Gasteiger charge is -2.14. The van der Waals surface area contributed by atoms with Crippen molar-refractivity contribution < 1.29 is 19.7 Å². The van der Waals surface area contributed by atoms with Crippen molar-refractivity contribution in [1.29, 1.82) is 0 Å². The second-order valence-corrected chi connectivity index (χ2v) is 6.38. The molecule has 0 radical (unpaired) electrons. The van der Waals surface area contributed by atoms with Crippen LogP contribution in [-0.2, 0) is 9.53 Å². The van der Waals surface area contributed by atoms with Gasteiger partial charge in [0.1, 0.15) is 6.04 Å². The minimum absolute atomic E-state index is 0.242. The second kappa shape index (κ2) is 16.2. The molecule has 2 atom stereocenters. The van der Waals surface area contributed by atoms with Gasteiger partial charge < -0.3 is 20.3 Å². The van der Waals surface area contributed by atoms with Gasteiger partial charge in [-0.25, -0.2) is 0 Å². The molecule has 138 valence electrons. The van der Waals surface area contributed by atoms with Crippen LogP contribution in [0.3, 0.4) is 0 Å². The maximum Gasteiger partial charge on any atom is 0.320 e. The van der Waals surface area contributed by atoms with Gasteiger partial charge in [-0.05, 0) is 13.3 Å². The van der Waals surface area contributed by atoms with E-state index in [9.17, 15) is 9.90 Å². The van der Waals surface area contributed by atoms with Crippen molar-refractivity contribution in [2.75, 3.05) is 19.8 Å². The largest absolute Gasteiger partial charge is 0.480 e. The summed E-state index contributed by atoms with van der Waals surface area (Å²) in [5, 5.41) is 21.1. The van der Waals surface area contributed by atoms with Crippen molar-refractivity contribution in [3.63, 3.8) is 0 Å². The van der Waals surface area contributed by atoms with Crippen LogP contribution in [-0.4, -0.2) is 48.1 Å². The number of carboxylic acids is 1. The van der Waals surface area contributed by atoms with Gasteiger partial charge in [-0.3, -0.25) is 4.79 Å². The minimum Gasteiger partial charge on any atom is -0.480 e. The van der Waals surface area contributed by atoms with Gasteiger partial charge in [0.2, 0.25) is 0 Å². The number of ether oxygens (including phenoxy) is 1. The van der Waals surface area contributed by atoms with Crippen LogP contribution in [0.25, 0.3) is 0 Å². The van der Waals surface area contributed by atoms with Crippen molar-refractivity contribution in [2.24, 2.45) is 0 Å². The van der Waals surface area contributed by atoms with E-state index in [-0.39, 0.29) is 13.2 Å². The Morgan fingerprint density at radius 2 is 1.52 bits per heavy atom. The maximum absolute atomic E-state index is 10.6. The number of carbonyl (C=O) groups is 1. The fourth-order valence-corrected chi connectivity index (χ4v) is 2.37. The fraction of sp³-hybridized carbons (Fsp3) is 0.944. The molecule has 0 bridgehead atoms. The van der Waals surface area contributed by atoms with Gasteiger partial charge >= 0.3 is 5.97 Å². The van der Waals surface area contributed by atoms with Crippen molar-refractivity contribution >= 4 is 5.97 Å². The monoisotopic (exact) mass is 331 g/mol. The zero-order chi connectivity index (χ0) is 17.3. The average Bonchev–Trinajstić information content (AvgIpc) is 2.53. The second-order valence-electron chi connectivity index (χ2n) is 6.38. The number of unbranched alkanes of at least 4 members (excludes halogenated alkanes) is 9. The van der Waals surface area contributed by atoms with Crippen LogP contribution in [0.15, 0.2) is 0 Å². The van der Waals surface area contributed by atoms with Crippen LogP contribution in [0.4, 0.5) is 0 Å². The van der Waals surface area contributed by atoms with Gasteiger partial charge in [-0.2, -0.15) is 0 Å². The summed E-state index contributed by atoms with van der Waals surface area (Å²) in [6, 6.07) is -0.647. The lowest BCUT2D eigenvalue weighted by Crippen LogP contribution is -2.40. The normalized spacial score (nSPS) is 13.9. The molecular formula is C18H37NO4. The molecule has 0 saturated heterocycles.